The largest absolute Gasteiger partial charge is 0.302 e. The number of hydrogen-bond acceptors (Lipinski definition) is 5. The van der Waals surface area contributed by atoms with Gasteiger partial charge >= 0.3 is 0 Å². The lowest BCUT2D eigenvalue weighted by molar-refractivity contribution is -0.116. The molecule has 1 aromatic carbocycles. The molecule has 1 aromatic heterocycles. The van der Waals surface area contributed by atoms with E-state index in [1.165, 1.54) is 23.2 Å². The lowest BCUT2D eigenvalue weighted by Crippen LogP contribution is -2.11. The van der Waals surface area contributed by atoms with Crippen molar-refractivity contribution in [2.75, 3.05) is 11.1 Å². The predicted octanol–water partition coefficient (Wildman–Crippen LogP) is 4.17. The number of anilines is 1. The predicted molar refractivity (Wildman–Crippen MR) is 91.9 cm³/mol. The molecular formula is C16H18N2O2S2. The molecule has 116 valence electrons. The van der Waals surface area contributed by atoms with Gasteiger partial charge in [0.2, 0.25) is 5.91 Å². The molecule has 0 spiro atoms. The summed E-state index contributed by atoms with van der Waals surface area (Å²) in [5.74, 6) is 0.819. The second kappa shape index (κ2) is 8.10. The van der Waals surface area contributed by atoms with Crippen molar-refractivity contribution >= 4 is 39.9 Å². The minimum absolute atomic E-state index is 0.0187. The Bertz CT molecular complexity index is 653. The van der Waals surface area contributed by atoms with Crippen molar-refractivity contribution in [1.82, 2.24) is 4.98 Å². The van der Waals surface area contributed by atoms with Crippen LogP contribution in [0.1, 0.15) is 35.1 Å². The second-order valence-corrected chi connectivity index (χ2v) is 6.97. The molecule has 0 saturated carbocycles. The smallest absolute Gasteiger partial charge is 0.226 e. The van der Waals surface area contributed by atoms with Crippen molar-refractivity contribution < 1.29 is 9.59 Å². The van der Waals surface area contributed by atoms with Gasteiger partial charge in [-0.2, -0.15) is 0 Å². The van der Waals surface area contributed by atoms with Crippen LogP contribution < -0.4 is 5.32 Å². The first-order chi connectivity index (χ1) is 10.6. The molecule has 0 aliphatic heterocycles. The van der Waals surface area contributed by atoms with Gasteiger partial charge in [-0.25, -0.2) is 4.98 Å². The number of ketones is 1. The monoisotopic (exact) mass is 334 g/mol. The zero-order chi connectivity index (χ0) is 15.9. The summed E-state index contributed by atoms with van der Waals surface area (Å²) in [5.41, 5.74) is 0.674. The van der Waals surface area contributed by atoms with Crippen molar-refractivity contribution in [3.8, 4) is 0 Å². The van der Waals surface area contributed by atoms with E-state index in [1.54, 1.807) is 18.7 Å². The molecule has 0 fully saturated rings. The zero-order valence-corrected chi connectivity index (χ0v) is 14.2. The summed E-state index contributed by atoms with van der Waals surface area (Å²) in [7, 11) is 0. The summed E-state index contributed by atoms with van der Waals surface area (Å²) in [6, 6.07) is 10.1. The molecule has 0 unspecified atom stereocenters. The van der Waals surface area contributed by atoms with Crippen LogP contribution in [0.5, 0.6) is 0 Å². The number of hydrogen-bond donors (Lipinski definition) is 1. The fourth-order valence-corrected chi connectivity index (χ4v) is 3.65. The number of carbonyl (C=O) groups is 2. The Morgan fingerprint density at radius 3 is 2.64 bits per heavy atom. The molecule has 22 heavy (non-hydrogen) atoms. The Morgan fingerprint density at radius 2 is 2.00 bits per heavy atom. The van der Waals surface area contributed by atoms with Gasteiger partial charge < -0.3 is 5.32 Å². The van der Waals surface area contributed by atoms with Gasteiger partial charge in [0.1, 0.15) is 0 Å². The molecule has 2 rings (SSSR count). The summed E-state index contributed by atoms with van der Waals surface area (Å²) in [5, 5.41) is 3.27. The molecule has 0 radical (unpaired) electrons. The van der Waals surface area contributed by atoms with E-state index in [2.05, 4.69) is 22.4 Å². The van der Waals surface area contributed by atoms with Crippen LogP contribution in [0.3, 0.4) is 0 Å². The first-order valence-corrected chi connectivity index (χ1v) is 8.82. The lowest BCUT2D eigenvalue weighted by atomic mass is 10.3. The van der Waals surface area contributed by atoms with Gasteiger partial charge in [0.05, 0.1) is 10.6 Å². The highest BCUT2D eigenvalue weighted by Crippen LogP contribution is 2.23. The van der Waals surface area contributed by atoms with Crippen molar-refractivity contribution in [1.29, 1.82) is 0 Å². The molecule has 0 aliphatic carbocycles. The van der Waals surface area contributed by atoms with Gasteiger partial charge in [0.15, 0.2) is 10.9 Å². The van der Waals surface area contributed by atoms with Crippen molar-refractivity contribution in [2.45, 2.75) is 31.6 Å². The van der Waals surface area contributed by atoms with Crippen LogP contribution in [0.25, 0.3) is 0 Å². The van der Waals surface area contributed by atoms with Crippen molar-refractivity contribution in [2.24, 2.45) is 0 Å². The lowest BCUT2D eigenvalue weighted by Gasteiger charge is -2.02. The molecule has 0 saturated heterocycles. The number of rotatable bonds is 7. The van der Waals surface area contributed by atoms with E-state index in [0.29, 0.717) is 22.1 Å². The maximum absolute atomic E-state index is 11.9. The summed E-state index contributed by atoms with van der Waals surface area (Å²) < 4.78 is 0. The third-order valence-electron chi connectivity index (χ3n) is 2.92. The number of aromatic nitrogens is 1. The standard InChI is InChI=1S/C16H18N2O2S2/c1-11-15(12(2)19)22-16(17-11)18-14(20)9-6-10-21-13-7-4-3-5-8-13/h3-5,7-8H,6,9-10H2,1-2H3,(H,17,18,20). The Hall–Kier alpha value is -1.66. The maximum Gasteiger partial charge on any atom is 0.226 e. The molecule has 6 heteroatoms. The van der Waals surface area contributed by atoms with E-state index in [1.807, 2.05) is 18.2 Å². The molecule has 0 bridgehead atoms. The van der Waals surface area contributed by atoms with Crippen LogP contribution in [0.15, 0.2) is 35.2 Å². The normalized spacial score (nSPS) is 10.5. The second-order valence-electron chi connectivity index (χ2n) is 4.80. The molecule has 0 atom stereocenters. The first kappa shape index (κ1) is 16.7. The minimum Gasteiger partial charge on any atom is -0.302 e. The molecule has 1 N–H and O–H groups in total. The van der Waals surface area contributed by atoms with Crippen LogP contribution in [-0.4, -0.2) is 22.4 Å². The van der Waals surface area contributed by atoms with E-state index < -0.39 is 0 Å². The topological polar surface area (TPSA) is 59.1 Å². The Morgan fingerprint density at radius 1 is 1.27 bits per heavy atom. The summed E-state index contributed by atoms with van der Waals surface area (Å²) >= 11 is 2.98. The molecule has 1 amide bonds. The molecule has 0 aliphatic rings. The number of amides is 1. The first-order valence-electron chi connectivity index (χ1n) is 7.02. The highest BCUT2D eigenvalue weighted by Gasteiger charge is 2.13. The number of thioether (sulfide) groups is 1. The van der Waals surface area contributed by atoms with Gasteiger partial charge in [-0.15, -0.1) is 11.8 Å². The van der Waals surface area contributed by atoms with Crippen LogP contribution in [0, 0.1) is 6.92 Å². The van der Waals surface area contributed by atoms with E-state index in [0.717, 1.165) is 12.2 Å². The average molecular weight is 334 g/mol. The number of Topliss-reactive ketones (excluding diaryl/α,β-unsaturated/α-hetero) is 1. The SMILES string of the molecule is CC(=O)c1sc(NC(=O)CCCSc2ccccc2)nc1C. The maximum atomic E-state index is 11.9. The highest BCUT2D eigenvalue weighted by atomic mass is 32.2. The average Bonchev–Trinajstić information content (AvgIpc) is 2.85. The van der Waals surface area contributed by atoms with Gasteiger partial charge in [0.25, 0.3) is 0 Å². The van der Waals surface area contributed by atoms with Crippen molar-refractivity contribution in [3.05, 3.63) is 40.9 Å². The fourth-order valence-electron chi connectivity index (χ4n) is 1.90. The van der Waals surface area contributed by atoms with Crippen LogP contribution in [0.4, 0.5) is 5.13 Å². The van der Waals surface area contributed by atoms with Crippen LogP contribution in [-0.2, 0) is 4.79 Å². The van der Waals surface area contributed by atoms with Gasteiger partial charge in [-0.3, -0.25) is 9.59 Å². The Kier molecular flexibility index (Phi) is 6.15. The summed E-state index contributed by atoms with van der Waals surface area (Å²) in [4.78, 5) is 29.3. The quantitative estimate of drug-likeness (QED) is 0.469. The summed E-state index contributed by atoms with van der Waals surface area (Å²) in [6.45, 7) is 3.28. The molecule has 4 nitrogen and oxygen atoms in total. The number of nitrogens with one attached hydrogen (secondary N) is 1. The van der Waals surface area contributed by atoms with E-state index in [4.69, 9.17) is 0 Å². The van der Waals surface area contributed by atoms with E-state index in [9.17, 15) is 9.59 Å². The Labute approximate surface area is 138 Å². The number of nitrogens with zero attached hydrogens (tertiary/aromatic N) is 1. The minimum atomic E-state index is -0.0579. The number of thiazole rings is 1. The number of aryl methyl sites for hydroxylation is 1. The van der Waals surface area contributed by atoms with Crippen LogP contribution in [0.2, 0.25) is 0 Å². The summed E-state index contributed by atoms with van der Waals surface area (Å²) in [6.07, 6.45) is 1.25. The molecular weight excluding hydrogens is 316 g/mol. The fraction of sp³-hybridized carbons (Fsp3) is 0.312. The van der Waals surface area contributed by atoms with Gasteiger partial charge in [0, 0.05) is 18.2 Å². The van der Waals surface area contributed by atoms with Gasteiger partial charge in [-0.05, 0) is 31.2 Å². The molecule has 2 aromatic rings. The zero-order valence-electron chi connectivity index (χ0n) is 12.6. The number of carbonyl (C=O) groups excluding carboxylic acids is 2. The third-order valence-corrected chi connectivity index (χ3v) is 5.19. The highest BCUT2D eigenvalue weighted by molar-refractivity contribution is 7.99. The van der Waals surface area contributed by atoms with Crippen molar-refractivity contribution in [3.63, 3.8) is 0 Å². The Balaban J connectivity index is 1.74. The third kappa shape index (κ3) is 4.96. The van der Waals surface area contributed by atoms with E-state index >= 15 is 0 Å². The van der Waals surface area contributed by atoms with E-state index in [-0.39, 0.29) is 11.7 Å². The number of benzene rings is 1. The van der Waals surface area contributed by atoms with Crippen LogP contribution >= 0.6 is 23.1 Å². The molecule has 1 heterocycles. The van der Waals surface area contributed by atoms with Gasteiger partial charge in [-0.1, -0.05) is 29.5 Å².